The Bertz CT molecular complexity index is 688. The van der Waals surface area contributed by atoms with Crippen LogP contribution < -0.4 is 10.6 Å². The molecule has 5 nitrogen and oxygen atoms in total. The number of benzene rings is 1. The summed E-state index contributed by atoms with van der Waals surface area (Å²) in [4.78, 5) is 20.9. The maximum Gasteiger partial charge on any atom is 0.270 e. The van der Waals surface area contributed by atoms with Crippen molar-refractivity contribution in [1.29, 1.82) is 0 Å². The number of aryl methyl sites for hydroxylation is 1. The molecule has 2 N–H and O–H groups in total. The zero-order valence-corrected chi connectivity index (χ0v) is 15.6. The number of nitrogens with zero attached hydrogens (tertiary/aromatic N) is 2. The number of amides is 1. The Kier molecular flexibility index (Phi) is 7.67. The Hall–Kier alpha value is -2.14. The van der Waals surface area contributed by atoms with Crippen LogP contribution in [-0.2, 0) is 6.42 Å². The SMILES string of the molecule is CCCCCNc1cc(C(=O)NCCc2ccc(Cl)cc2)nc(C)n1. The third-order valence-electron chi connectivity index (χ3n) is 3.77. The van der Waals surface area contributed by atoms with E-state index in [1.807, 2.05) is 24.3 Å². The minimum Gasteiger partial charge on any atom is -0.370 e. The molecule has 0 saturated carbocycles. The number of rotatable bonds is 9. The highest BCUT2D eigenvalue weighted by Crippen LogP contribution is 2.10. The highest BCUT2D eigenvalue weighted by molar-refractivity contribution is 6.30. The van der Waals surface area contributed by atoms with Crippen molar-refractivity contribution in [1.82, 2.24) is 15.3 Å². The van der Waals surface area contributed by atoms with Crippen molar-refractivity contribution < 1.29 is 4.79 Å². The van der Waals surface area contributed by atoms with Crippen LogP contribution in [0.15, 0.2) is 30.3 Å². The maximum absolute atomic E-state index is 12.3. The monoisotopic (exact) mass is 360 g/mol. The van der Waals surface area contributed by atoms with Gasteiger partial charge in [-0.25, -0.2) is 9.97 Å². The van der Waals surface area contributed by atoms with Gasteiger partial charge in [-0.15, -0.1) is 0 Å². The van der Waals surface area contributed by atoms with Gasteiger partial charge in [-0.05, 0) is 37.5 Å². The van der Waals surface area contributed by atoms with Crippen LogP contribution in [0.25, 0.3) is 0 Å². The van der Waals surface area contributed by atoms with Gasteiger partial charge < -0.3 is 10.6 Å². The second-order valence-electron chi connectivity index (χ2n) is 5.95. The van der Waals surface area contributed by atoms with E-state index in [0.717, 1.165) is 24.9 Å². The van der Waals surface area contributed by atoms with Crippen molar-refractivity contribution in [3.8, 4) is 0 Å². The van der Waals surface area contributed by atoms with Crippen LogP contribution in [0.2, 0.25) is 5.02 Å². The van der Waals surface area contributed by atoms with Gasteiger partial charge in [-0.2, -0.15) is 0 Å². The molecule has 0 fully saturated rings. The van der Waals surface area contributed by atoms with Gasteiger partial charge in [0.25, 0.3) is 5.91 Å². The summed E-state index contributed by atoms with van der Waals surface area (Å²) in [5.41, 5.74) is 1.52. The normalized spacial score (nSPS) is 10.5. The van der Waals surface area contributed by atoms with Crippen LogP contribution in [0.4, 0.5) is 5.82 Å². The molecular weight excluding hydrogens is 336 g/mol. The fraction of sp³-hybridized carbons (Fsp3) is 0.421. The van der Waals surface area contributed by atoms with E-state index in [9.17, 15) is 4.79 Å². The minimum atomic E-state index is -0.184. The molecule has 6 heteroatoms. The zero-order chi connectivity index (χ0) is 18.1. The molecule has 1 amide bonds. The van der Waals surface area contributed by atoms with Crippen molar-refractivity contribution in [3.63, 3.8) is 0 Å². The van der Waals surface area contributed by atoms with E-state index in [4.69, 9.17) is 11.6 Å². The Morgan fingerprint density at radius 1 is 1.12 bits per heavy atom. The number of hydrogen-bond donors (Lipinski definition) is 2. The summed E-state index contributed by atoms with van der Waals surface area (Å²) in [6, 6.07) is 9.33. The van der Waals surface area contributed by atoms with Gasteiger partial charge in [-0.3, -0.25) is 4.79 Å². The van der Waals surface area contributed by atoms with Crippen LogP contribution in [0, 0.1) is 6.92 Å². The molecule has 0 saturated heterocycles. The molecule has 0 atom stereocenters. The molecule has 134 valence electrons. The predicted molar refractivity (Wildman–Crippen MR) is 102 cm³/mol. The smallest absolute Gasteiger partial charge is 0.270 e. The molecule has 0 radical (unpaired) electrons. The number of nitrogens with one attached hydrogen (secondary N) is 2. The average molecular weight is 361 g/mol. The third-order valence-corrected chi connectivity index (χ3v) is 4.02. The van der Waals surface area contributed by atoms with Crippen molar-refractivity contribution >= 4 is 23.3 Å². The number of hydrogen-bond acceptors (Lipinski definition) is 4. The lowest BCUT2D eigenvalue weighted by atomic mass is 10.1. The van der Waals surface area contributed by atoms with Gasteiger partial charge >= 0.3 is 0 Å². The lowest BCUT2D eigenvalue weighted by Gasteiger charge is -2.09. The summed E-state index contributed by atoms with van der Waals surface area (Å²) in [6.45, 7) is 5.35. The fourth-order valence-corrected chi connectivity index (χ4v) is 2.55. The summed E-state index contributed by atoms with van der Waals surface area (Å²) >= 11 is 5.87. The molecule has 1 aromatic carbocycles. The van der Waals surface area contributed by atoms with Crippen molar-refractivity contribution in [3.05, 3.63) is 52.4 Å². The number of aromatic nitrogens is 2. The number of carbonyl (C=O) groups excluding carboxylic acids is 1. The van der Waals surface area contributed by atoms with Crippen LogP contribution >= 0.6 is 11.6 Å². The van der Waals surface area contributed by atoms with E-state index in [-0.39, 0.29) is 5.91 Å². The molecule has 1 heterocycles. The topological polar surface area (TPSA) is 66.9 Å². The zero-order valence-electron chi connectivity index (χ0n) is 14.8. The van der Waals surface area contributed by atoms with E-state index in [2.05, 4.69) is 27.5 Å². The maximum atomic E-state index is 12.3. The van der Waals surface area contributed by atoms with Crippen LogP contribution in [0.5, 0.6) is 0 Å². The molecule has 0 aliphatic carbocycles. The average Bonchev–Trinajstić information content (AvgIpc) is 2.60. The van der Waals surface area contributed by atoms with Gasteiger partial charge in [0.15, 0.2) is 0 Å². The molecule has 25 heavy (non-hydrogen) atoms. The van der Waals surface area contributed by atoms with E-state index >= 15 is 0 Å². The van der Waals surface area contributed by atoms with Crippen molar-refractivity contribution in [2.45, 2.75) is 39.5 Å². The summed E-state index contributed by atoms with van der Waals surface area (Å²) < 4.78 is 0. The lowest BCUT2D eigenvalue weighted by Crippen LogP contribution is -2.27. The first-order valence-corrected chi connectivity index (χ1v) is 9.08. The molecular formula is C19H25ClN4O. The van der Waals surface area contributed by atoms with Gasteiger partial charge in [0.05, 0.1) is 0 Å². The van der Waals surface area contributed by atoms with E-state index in [1.54, 1.807) is 13.0 Å². The van der Waals surface area contributed by atoms with Gasteiger partial charge in [-0.1, -0.05) is 43.5 Å². The predicted octanol–water partition coefficient (Wildman–Crippen LogP) is 4.01. The van der Waals surface area contributed by atoms with Gasteiger partial charge in [0, 0.05) is 24.2 Å². The molecule has 2 aromatic rings. The summed E-state index contributed by atoms with van der Waals surface area (Å²) in [5, 5.41) is 6.87. The number of anilines is 1. The van der Waals surface area contributed by atoms with Crippen molar-refractivity contribution in [2.24, 2.45) is 0 Å². The standard InChI is InChI=1S/C19H25ClN4O/c1-3-4-5-11-21-18-13-17(23-14(2)24-18)19(25)22-12-10-15-6-8-16(20)9-7-15/h6-9,13H,3-5,10-12H2,1-2H3,(H,22,25)(H,21,23,24). The Morgan fingerprint density at radius 2 is 1.88 bits per heavy atom. The molecule has 1 aromatic heterocycles. The van der Waals surface area contributed by atoms with Crippen molar-refractivity contribution in [2.75, 3.05) is 18.4 Å². The number of unbranched alkanes of at least 4 members (excludes halogenated alkanes) is 2. The Morgan fingerprint density at radius 3 is 2.60 bits per heavy atom. The first-order valence-electron chi connectivity index (χ1n) is 8.70. The first kappa shape index (κ1) is 19.2. The van der Waals surface area contributed by atoms with Gasteiger partial charge in [0.1, 0.15) is 17.3 Å². The van der Waals surface area contributed by atoms with E-state index in [0.29, 0.717) is 28.9 Å². The number of carbonyl (C=O) groups is 1. The molecule has 0 aliphatic rings. The quantitative estimate of drug-likeness (QED) is 0.663. The second kappa shape index (κ2) is 9.99. The fourth-order valence-electron chi connectivity index (χ4n) is 2.43. The van der Waals surface area contributed by atoms with Gasteiger partial charge in [0.2, 0.25) is 0 Å². The van der Waals surface area contributed by atoms with Crippen LogP contribution in [-0.4, -0.2) is 29.0 Å². The van der Waals surface area contributed by atoms with E-state index in [1.165, 1.54) is 12.8 Å². The molecule has 2 rings (SSSR count). The minimum absolute atomic E-state index is 0.184. The van der Waals surface area contributed by atoms with Crippen LogP contribution in [0.3, 0.4) is 0 Å². The molecule has 0 unspecified atom stereocenters. The Labute approximate surface area is 154 Å². The first-order chi connectivity index (χ1) is 12.1. The van der Waals surface area contributed by atoms with E-state index < -0.39 is 0 Å². The molecule has 0 spiro atoms. The summed E-state index contributed by atoms with van der Waals surface area (Å²) in [6.07, 6.45) is 4.18. The summed E-state index contributed by atoms with van der Waals surface area (Å²) in [7, 11) is 0. The third kappa shape index (κ3) is 6.70. The Balaban J connectivity index is 1.87. The second-order valence-corrected chi connectivity index (χ2v) is 6.39. The highest BCUT2D eigenvalue weighted by Gasteiger charge is 2.10. The molecule has 0 bridgehead atoms. The number of halogens is 1. The van der Waals surface area contributed by atoms with Crippen LogP contribution in [0.1, 0.15) is 48.1 Å². The highest BCUT2D eigenvalue weighted by atomic mass is 35.5. The summed E-state index contributed by atoms with van der Waals surface area (Å²) in [5.74, 6) is 1.10. The molecule has 0 aliphatic heterocycles. The lowest BCUT2D eigenvalue weighted by molar-refractivity contribution is 0.0949. The largest absolute Gasteiger partial charge is 0.370 e.